The lowest BCUT2D eigenvalue weighted by molar-refractivity contribution is -0.119. The van der Waals surface area contributed by atoms with E-state index in [0.29, 0.717) is 0 Å². The van der Waals surface area contributed by atoms with Gasteiger partial charge in [0.25, 0.3) is 0 Å². The summed E-state index contributed by atoms with van der Waals surface area (Å²) >= 11 is 0. The molecule has 1 rings (SSSR count). The SMILES string of the molecule is CCC(C)C(=O)Nc1ccc(C(C)(C)C)cc1. The third-order valence-corrected chi connectivity index (χ3v) is 3.08. The van der Waals surface area contributed by atoms with Gasteiger partial charge in [-0.05, 0) is 29.5 Å². The first kappa shape index (κ1) is 13.8. The lowest BCUT2D eigenvalue weighted by Crippen LogP contribution is -2.19. The van der Waals surface area contributed by atoms with Crippen LogP contribution in [0.4, 0.5) is 5.69 Å². The molecule has 2 nitrogen and oxygen atoms in total. The highest BCUT2D eigenvalue weighted by molar-refractivity contribution is 5.92. The van der Waals surface area contributed by atoms with Gasteiger partial charge in [-0.3, -0.25) is 4.79 Å². The number of carbonyl (C=O) groups excluding carboxylic acids is 1. The van der Waals surface area contributed by atoms with E-state index in [2.05, 4.69) is 38.2 Å². The summed E-state index contributed by atoms with van der Waals surface area (Å²) in [6.07, 6.45) is 0.867. The number of hydrogen-bond acceptors (Lipinski definition) is 1. The monoisotopic (exact) mass is 233 g/mol. The summed E-state index contributed by atoms with van der Waals surface area (Å²) in [4.78, 5) is 11.7. The van der Waals surface area contributed by atoms with Crippen molar-refractivity contribution in [2.75, 3.05) is 5.32 Å². The fourth-order valence-electron chi connectivity index (χ4n) is 1.50. The molecule has 1 amide bonds. The van der Waals surface area contributed by atoms with Crippen molar-refractivity contribution in [1.82, 2.24) is 0 Å². The smallest absolute Gasteiger partial charge is 0.227 e. The molecule has 1 aromatic rings. The van der Waals surface area contributed by atoms with Crippen LogP contribution < -0.4 is 5.32 Å². The Labute approximate surface area is 104 Å². The van der Waals surface area contributed by atoms with E-state index in [1.165, 1.54) is 5.56 Å². The van der Waals surface area contributed by atoms with E-state index in [4.69, 9.17) is 0 Å². The molecule has 0 aliphatic carbocycles. The number of hydrogen-bond donors (Lipinski definition) is 1. The van der Waals surface area contributed by atoms with E-state index in [1.54, 1.807) is 0 Å². The van der Waals surface area contributed by atoms with Crippen molar-refractivity contribution in [3.63, 3.8) is 0 Å². The number of anilines is 1. The maximum Gasteiger partial charge on any atom is 0.227 e. The summed E-state index contributed by atoms with van der Waals surface area (Å²) in [7, 11) is 0. The molecule has 0 aliphatic rings. The molecular formula is C15H23NO. The first-order valence-electron chi connectivity index (χ1n) is 6.26. The van der Waals surface area contributed by atoms with Gasteiger partial charge in [-0.1, -0.05) is 46.8 Å². The van der Waals surface area contributed by atoms with E-state index in [9.17, 15) is 4.79 Å². The van der Waals surface area contributed by atoms with Crippen molar-refractivity contribution in [3.05, 3.63) is 29.8 Å². The van der Waals surface area contributed by atoms with Gasteiger partial charge < -0.3 is 5.32 Å². The third kappa shape index (κ3) is 3.88. The van der Waals surface area contributed by atoms with Crippen LogP contribution in [0.1, 0.15) is 46.6 Å². The van der Waals surface area contributed by atoms with Gasteiger partial charge in [0.1, 0.15) is 0 Å². The largest absolute Gasteiger partial charge is 0.326 e. The van der Waals surface area contributed by atoms with Gasteiger partial charge in [0.05, 0.1) is 0 Å². The molecule has 0 heterocycles. The average molecular weight is 233 g/mol. The van der Waals surface area contributed by atoms with Gasteiger partial charge in [-0.2, -0.15) is 0 Å². The molecule has 0 fully saturated rings. The molecule has 0 aromatic heterocycles. The Morgan fingerprint density at radius 2 is 1.76 bits per heavy atom. The molecule has 0 saturated carbocycles. The zero-order valence-electron chi connectivity index (χ0n) is 11.5. The van der Waals surface area contributed by atoms with Crippen molar-refractivity contribution in [3.8, 4) is 0 Å². The summed E-state index contributed by atoms with van der Waals surface area (Å²) < 4.78 is 0. The number of amides is 1. The van der Waals surface area contributed by atoms with Gasteiger partial charge in [0.15, 0.2) is 0 Å². The number of rotatable bonds is 3. The van der Waals surface area contributed by atoms with Crippen LogP contribution in [0.25, 0.3) is 0 Å². The van der Waals surface area contributed by atoms with E-state index in [-0.39, 0.29) is 17.2 Å². The molecule has 0 aliphatic heterocycles. The summed E-state index contributed by atoms with van der Waals surface area (Å²) in [6, 6.07) is 8.10. The Morgan fingerprint density at radius 3 is 2.18 bits per heavy atom. The van der Waals surface area contributed by atoms with Crippen LogP contribution in [-0.4, -0.2) is 5.91 Å². The van der Waals surface area contributed by atoms with Gasteiger partial charge >= 0.3 is 0 Å². The van der Waals surface area contributed by atoms with E-state index in [0.717, 1.165) is 12.1 Å². The fourth-order valence-corrected chi connectivity index (χ4v) is 1.50. The fraction of sp³-hybridized carbons (Fsp3) is 0.533. The van der Waals surface area contributed by atoms with Crippen LogP contribution in [0.5, 0.6) is 0 Å². The standard InChI is InChI=1S/C15H23NO/c1-6-11(2)14(17)16-13-9-7-12(8-10-13)15(3,4)5/h7-11H,6H2,1-5H3,(H,16,17). The van der Waals surface area contributed by atoms with Gasteiger partial charge in [0, 0.05) is 11.6 Å². The van der Waals surface area contributed by atoms with Crippen molar-refractivity contribution in [2.45, 2.75) is 46.5 Å². The molecule has 1 atom stereocenters. The number of carbonyl (C=O) groups is 1. The van der Waals surface area contributed by atoms with Crippen LogP contribution in [0.15, 0.2) is 24.3 Å². The quantitative estimate of drug-likeness (QED) is 0.841. The van der Waals surface area contributed by atoms with Crippen LogP contribution >= 0.6 is 0 Å². The minimum Gasteiger partial charge on any atom is -0.326 e. The lowest BCUT2D eigenvalue weighted by atomic mass is 9.87. The molecule has 17 heavy (non-hydrogen) atoms. The second-order valence-electron chi connectivity index (χ2n) is 5.63. The normalized spacial score (nSPS) is 13.2. The summed E-state index contributed by atoms with van der Waals surface area (Å²) in [5.41, 5.74) is 2.31. The molecule has 0 saturated heterocycles. The van der Waals surface area contributed by atoms with Crippen LogP contribution in [0.2, 0.25) is 0 Å². The Morgan fingerprint density at radius 1 is 1.24 bits per heavy atom. The summed E-state index contributed by atoms with van der Waals surface area (Å²) in [5, 5.41) is 2.93. The molecular weight excluding hydrogens is 210 g/mol. The highest BCUT2D eigenvalue weighted by atomic mass is 16.1. The zero-order chi connectivity index (χ0) is 13.1. The minimum absolute atomic E-state index is 0.0669. The Bertz CT molecular complexity index is 373. The van der Waals surface area contributed by atoms with Crippen LogP contribution in [0.3, 0.4) is 0 Å². The van der Waals surface area contributed by atoms with Crippen LogP contribution in [-0.2, 0) is 10.2 Å². The maximum absolute atomic E-state index is 11.7. The third-order valence-electron chi connectivity index (χ3n) is 3.08. The summed E-state index contributed by atoms with van der Waals surface area (Å²) in [6.45, 7) is 10.5. The van der Waals surface area contributed by atoms with Crippen molar-refractivity contribution in [2.24, 2.45) is 5.92 Å². The highest BCUT2D eigenvalue weighted by Gasteiger charge is 2.14. The van der Waals surface area contributed by atoms with E-state index in [1.807, 2.05) is 26.0 Å². The summed E-state index contributed by atoms with van der Waals surface area (Å²) in [5.74, 6) is 0.160. The van der Waals surface area contributed by atoms with Crippen molar-refractivity contribution in [1.29, 1.82) is 0 Å². The van der Waals surface area contributed by atoms with E-state index < -0.39 is 0 Å². The minimum atomic E-state index is 0.0669. The maximum atomic E-state index is 11.7. The first-order chi connectivity index (χ1) is 7.84. The van der Waals surface area contributed by atoms with Gasteiger partial charge in [0.2, 0.25) is 5.91 Å². The second kappa shape index (κ2) is 5.35. The Kier molecular flexibility index (Phi) is 4.33. The molecule has 2 heteroatoms. The predicted octanol–water partition coefficient (Wildman–Crippen LogP) is 3.97. The highest BCUT2D eigenvalue weighted by Crippen LogP contribution is 2.23. The molecule has 1 aromatic carbocycles. The Balaban J connectivity index is 2.73. The average Bonchev–Trinajstić information content (AvgIpc) is 2.27. The molecule has 0 spiro atoms. The molecule has 1 N–H and O–H groups in total. The molecule has 1 unspecified atom stereocenters. The van der Waals surface area contributed by atoms with E-state index >= 15 is 0 Å². The van der Waals surface area contributed by atoms with Gasteiger partial charge in [-0.15, -0.1) is 0 Å². The molecule has 0 radical (unpaired) electrons. The number of benzene rings is 1. The van der Waals surface area contributed by atoms with Gasteiger partial charge in [-0.25, -0.2) is 0 Å². The van der Waals surface area contributed by atoms with Crippen molar-refractivity contribution >= 4 is 11.6 Å². The van der Waals surface area contributed by atoms with Crippen molar-refractivity contribution < 1.29 is 4.79 Å². The predicted molar refractivity (Wildman–Crippen MR) is 73.2 cm³/mol. The van der Waals surface area contributed by atoms with Crippen LogP contribution in [0, 0.1) is 5.92 Å². The Hall–Kier alpha value is -1.31. The molecule has 94 valence electrons. The zero-order valence-corrected chi connectivity index (χ0v) is 11.5. The molecule has 0 bridgehead atoms. The first-order valence-corrected chi connectivity index (χ1v) is 6.26. The topological polar surface area (TPSA) is 29.1 Å². The number of nitrogens with one attached hydrogen (secondary N) is 1. The second-order valence-corrected chi connectivity index (χ2v) is 5.63. The lowest BCUT2D eigenvalue weighted by Gasteiger charge is -2.19.